The molecule has 8 heteroatoms. The topological polar surface area (TPSA) is 112 Å². The summed E-state index contributed by atoms with van der Waals surface area (Å²) < 4.78 is 10.9. The van der Waals surface area contributed by atoms with Crippen LogP contribution < -0.4 is 21.4 Å². The van der Waals surface area contributed by atoms with E-state index in [1.807, 2.05) is 0 Å². The molecule has 138 valence electrons. The maximum atomic E-state index is 11.9. The van der Waals surface area contributed by atoms with E-state index in [4.69, 9.17) is 26.5 Å². The molecule has 0 radical (unpaired) electrons. The Morgan fingerprint density at radius 3 is 2.67 bits per heavy atom. The second-order valence-corrected chi connectivity index (χ2v) is 6.21. The third-order valence-corrected chi connectivity index (χ3v) is 3.98. The lowest BCUT2D eigenvalue weighted by molar-refractivity contribution is -0.114. The van der Waals surface area contributed by atoms with E-state index in [1.54, 1.807) is 24.3 Å². The number of amides is 2. The zero-order chi connectivity index (χ0) is 19.6. The number of benzene rings is 2. The first-order valence-electron chi connectivity index (χ1n) is 7.90. The summed E-state index contributed by atoms with van der Waals surface area (Å²) in [5.74, 6) is -0.661. The average molecular weight is 387 g/mol. The molecule has 0 fully saturated rings. The molecule has 3 rings (SSSR count). The Balaban J connectivity index is 1.95. The first-order valence-corrected chi connectivity index (χ1v) is 8.28. The first-order chi connectivity index (χ1) is 12.8. The molecule has 0 saturated carbocycles. The number of nitrogens with one attached hydrogen (secondary N) is 1. The van der Waals surface area contributed by atoms with Crippen LogP contribution in [-0.2, 0) is 11.4 Å². The van der Waals surface area contributed by atoms with E-state index < -0.39 is 11.5 Å². The van der Waals surface area contributed by atoms with Gasteiger partial charge in [-0.05, 0) is 30.3 Å². The fourth-order valence-electron chi connectivity index (χ4n) is 2.61. The maximum Gasteiger partial charge on any atom is 0.336 e. The SMILES string of the molecule is CC(=O)Nc1ccc2c(COc3ccc(Cl)cc3C(N)=O)cc(=O)oc2c1. The number of nitrogens with two attached hydrogens (primary N) is 1. The molecule has 0 unspecified atom stereocenters. The van der Waals surface area contributed by atoms with Crippen LogP contribution >= 0.6 is 11.6 Å². The maximum absolute atomic E-state index is 11.9. The second kappa shape index (κ2) is 7.51. The molecule has 1 heterocycles. The van der Waals surface area contributed by atoms with Crippen molar-refractivity contribution in [2.45, 2.75) is 13.5 Å². The molecular formula is C19H15ClN2O5. The number of carbonyl (C=O) groups excluding carboxylic acids is 2. The minimum Gasteiger partial charge on any atom is -0.488 e. The van der Waals surface area contributed by atoms with Crippen molar-refractivity contribution in [2.24, 2.45) is 5.73 Å². The van der Waals surface area contributed by atoms with Crippen molar-refractivity contribution in [1.82, 2.24) is 0 Å². The third-order valence-electron chi connectivity index (χ3n) is 3.74. The summed E-state index contributed by atoms with van der Waals surface area (Å²) >= 11 is 5.88. The van der Waals surface area contributed by atoms with E-state index >= 15 is 0 Å². The summed E-state index contributed by atoms with van der Waals surface area (Å²) in [5.41, 5.74) is 6.29. The fraction of sp³-hybridized carbons (Fsp3) is 0.105. The van der Waals surface area contributed by atoms with E-state index in [-0.39, 0.29) is 23.8 Å². The van der Waals surface area contributed by atoms with Crippen LogP contribution in [0.4, 0.5) is 5.69 Å². The molecule has 3 N–H and O–H groups in total. The van der Waals surface area contributed by atoms with Crippen molar-refractivity contribution < 1.29 is 18.7 Å². The Morgan fingerprint density at radius 2 is 1.96 bits per heavy atom. The number of hydrogen-bond donors (Lipinski definition) is 2. The third kappa shape index (κ3) is 4.27. The summed E-state index contributed by atoms with van der Waals surface area (Å²) in [7, 11) is 0. The van der Waals surface area contributed by atoms with Crippen LogP contribution in [0, 0.1) is 0 Å². The molecule has 0 bridgehead atoms. The Hall–Kier alpha value is -3.32. The lowest BCUT2D eigenvalue weighted by Gasteiger charge is -2.12. The van der Waals surface area contributed by atoms with Crippen molar-refractivity contribution in [2.75, 3.05) is 5.32 Å². The number of ether oxygens (including phenoxy) is 1. The molecule has 2 amide bonds. The average Bonchev–Trinajstić information content (AvgIpc) is 2.59. The van der Waals surface area contributed by atoms with E-state index in [0.29, 0.717) is 27.2 Å². The van der Waals surface area contributed by atoms with Gasteiger partial charge >= 0.3 is 5.63 Å². The first kappa shape index (κ1) is 18.5. The quantitative estimate of drug-likeness (QED) is 0.654. The Kier molecular flexibility index (Phi) is 5.14. The van der Waals surface area contributed by atoms with Crippen LogP contribution in [0.2, 0.25) is 5.02 Å². The number of hydrogen-bond acceptors (Lipinski definition) is 5. The van der Waals surface area contributed by atoms with E-state index in [2.05, 4.69) is 5.32 Å². The number of rotatable bonds is 5. The number of carbonyl (C=O) groups is 2. The van der Waals surface area contributed by atoms with Gasteiger partial charge in [0.05, 0.1) is 5.56 Å². The summed E-state index contributed by atoms with van der Waals surface area (Å²) in [6.07, 6.45) is 0. The highest BCUT2D eigenvalue weighted by molar-refractivity contribution is 6.31. The van der Waals surface area contributed by atoms with Gasteiger partial charge in [-0.2, -0.15) is 0 Å². The standard InChI is InChI=1S/C19H15ClN2O5/c1-10(23)22-13-3-4-14-11(6-18(24)27-17(14)8-13)9-26-16-5-2-12(20)7-15(16)19(21)25/h2-8H,9H2,1H3,(H2,21,25)(H,22,23). The van der Waals surface area contributed by atoms with Crippen molar-refractivity contribution in [3.05, 3.63) is 69.0 Å². The van der Waals surface area contributed by atoms with Crippen LogP contribution in [-0.4, -0.2) is 11.8 Å². The normalized spacial score (nSPS) is 10.6. The summed E-state index contributed by atoms with van der Waals surface area (Å²) in [6, 6.07) is 10.8. The molecular weight excluding hydrogens is 372 g/mol. The number of anilines is 1. The van der Waals surface area contributed by atoms with Crippen molar-refractivity contribution in [3.8, 4) is 5.75 Å². The molecule has 0 aliphatic carbocycles. The zero-order valence-corrected chi connectivity index (χ0v) is 15.0. The highest BCUT2D eigenvalue weighted by Crippen LogP contribution is 2.26. The molecule has 0 spiro atoms. The van der Waals surface area contributed by atoms with Crippen LogP contribution in [0.15, 0.2) is 51.7 Å². The monoisotopic (exact) mass is 386 g/mol. The Bertz CT molecular complexity index is 1110. The van der Waals surface area contributed by atoms with Gasteiger partial charge in [0.1, 0.15) is 17.9 Å². The van der Waals surface area contributed by atoms with Crippen LogP contribution in [0.1, 0.15) is 22.8 Å². The van der Waals surface area contributed by atoms with Gasteiger partial charge in [-0.1, -0.05) is 11.6 Å². The van der Waals surface area contributed by atoms with Gasteiger partial charge < -0.3 is 20.2 Å². The van der Waals surface area contributed by atoms with Crippen molar-refractivity contribution in [3.63, 3.8) is 0 Å². The lowest BCUT2D eigenvalue weighted by atomic mass is 10.1. The molecule has 2 aromatic carbocycles. The number of halogens is 1. The van der Waals surface area contributed by atoms with Gasteiger partial charge in [0.25, 0.3) is 5.91 Å². The largest absolute Gasteiger partial charge is 0.488 e. The van der Waals surface area contributed by atoms with Gasteiger partial charge in [-0.15, -0.1) is 0 Å². The Morgan fingerprint density at radius 1 is 1.19 bits per heavy atom. The minimum atomic E-state index is -0.676. The van der Waals surface area contributed by atoms with Gasteiger partial charge in [-0.3, -0.25) is 9.59 Å². The van der Waals surface area contributed by atoms with E-state index in [1.165, 1.54) is 25.1 Å². The molecule has 27 heavy (non-hydrogen) atoms. The van der Waals surface area contributed by atoms with Gasteiger partial charge in [-0.25, -0.2) is 4.79 Å². The van der Waals surface area contributed by atoms with E-state index in [0.717, 1.165) is 0 Å². The molecule has 0 saturated heterocycles. The molecule has 0 aliphatic rings. The summed E-state index contributed by atoms with van der Waals surface area (Å²) in [6.45, 7) is 1.39. The van der Waals surface area contributed by atoms with Crippen molar-refractivity contribution >= 4 is 40.1 Å². The highest BCUT2D eigenvalue weighted by Gasteiger charge is 2.13. The lowest BCUT2D eigenvalue weighted by Crippen LogP contribution is -2.13. The van der Waals surface area contributed by atoms with Gasteiger partial charge in [0.2, 0.25) is 5.91 Å². The van der Waals surface area contributed by atoms with Crippen LogP contribution in [0.25, 0.3) is 11.0 Å². The fourth-order valence-corrected chi connectivity index (χ4v) is 2.78. The molecule has 0 aliphatic heterocycles. The summed E-state index contributed by atoms with van der Waals surface area (Å²) in [5, 5.41) is 3.61. The molecule has 7 nitrogen and oxygen atoms in total. The Labute approximate surface area is 158 Å². The zero-order valence-electron chi connectivity index (χ0n) is 14.2. The smallest absolute Gasteiger partial charge is 0.336 e. The second-order valence-electron chi connectivity index (χ2n) is 5.78. The van der Waals surface area contributed by atoms with Crippen molar-refractivity contribution in [1.29, 1.82) is 0 Å². The predicted octanol–water partition coefficient (Wildman–Crippen LogP) is 3.08. The van der Waals surface area contributed by atoms with Crippen LogP contribution in [0.3, 0.4) is 0 Å². The van der Waals surface area contributed by atoms with Gasteiger partial charge in [0.15, 0.2) is 0 Å². The number of fused-ring (bicyclic) bond motifs is 1. The molecule has 3 aromatic rings. The molecule has 0 atom stereocenters. The van der Waals surface area contributed by atoms with Gasteiger partial charge in [0, 0.05) is 40.7 Å². The highest BCUT2D eigenvalue weighted by atomic mass is 35.5. The predicted molar refractivity (Wildman–Crippen MR) is 101 cm³/mol. The van der Waals surface area contributed by atoms with E-state index in [9.17, 15) is 14.4 Å². The molecule has 1 aromatic heterocycles. The number of primary amides is 1. The van der Waals surface area contributed by atoms with Crippen LogP contribution in [0.5, 0.6) is 5.75 Å². The summed E-state index contributed by atoms with van der Waals surface area (Å²) in [4.78, 5) is 34.6. The minimum absolute atomic E-state index is 0.00347.